The first kappa shape index (κ1) is 12.0. The Morgan fingerprint density at radius 1 is 1.50 bits per heavy atom. The highest BCUT2D eigenvalue weighted by Gasteiger charge is 2.24. The summed E-state index contributed by atoms with van der Waals surface area (Å²) in [5, 5.41) is 0. The Morgan fingerprint density at radius 2 is 2.21 bits per heavy atom. The van der Waals surface area contributed by atoms with E-state index in [0.717, 1.165) is 22.6 Å². The second-order valence-corrected chi connectivity index (χ2v) is 4.48. The minimum absolute atomic E-state index is 0. The van der Waals surface area contributed by atoms with Crippen molar-refractivity contribution in [2.75, 3.05) is 0 Å². The van der Waals surface area contributed by atoms with E-state index in [9.17, 15) is 0 Å². The van der Waals surface area contributed by atoms with Gasteiger partial charge in [-0.15, -0.1) is 12.4 Å². The lowest BCUT2D eigenvalue weighted by Gasteiger charge is -2.09. The maximum Gasteiger partial charge on any atom is 0.106 e. The Bertz CT molecular complexity index is 302. The first-order valence-electron chi connectivity index (χ1n) is 4.64. The second-order valence-electron chi connectivity index (χ2n) is 3.67. The molecular weight excluding hydrogens is 263 g/mol. The summed E-state index contributed by atoms with van der Waals surface area (Å²) in [5.74, 6) is 0.857. The molecule has 1 fully saturated rings. The first-order valence-corrected chi connectivity index (χ1v) is 5.43. The molecule has 0 aromatic carbocycles. The smallest absolute Gasteiger partial charge is 0.106 e. The lowest BCUT2D eigenvalue weighted by atomic mass is 10.1. The molecule has 0 bridgehead atoms. The minimum atomic E-state index is 0. The monoisotopic (exact) mass is 276 g/mol. The van der Waals surface area contributed by atoms with E-state index < -0.39 is 0 Å². The van der Waals surface area contributed by atoms with Gasteiger partial charge in [0.25, 0.3) is 0 Å². The van der Waals surface area contributed by atoms with Crippen molar-refractivity contribution in [1.29, 1.82) is 0 Å². The summed E-state index contributed by atoms with van der Waals surface area (Å²) >= 11 is 3.35. The number of aromatic nitrogens is 1. The van der Waals surface area contributed by atoms with Gasteiger partial charge in [-0.25, -0.2) is 4.98 Å². The predicted molar refractivity (Wildman–Crippen MR) is 63.5 cm³/mol. The second kappa shape index (κ2) is 5.10. The average molecular weight is 278 g/mol. The molecule has 2 N–H and O–H groups in total. The summed E-state index contributed by atoms with van der Waals surface area (Å²) in [6.07, 6.45) is 3.78. The third-order valence-corrected chi connectivity index (χ3v) is 2.84. The SMILES string of the molecule is Cl.N[C@@H](CC1CC1)c1cccc(Br)n1. The zero-order valence-corrected chi connectivity index (χ0v) is 10.2. The van der Waals surface area contributed by atoms with Gasteiger partial charge >= 0.3 is 0 Å². The molecule has 1 aromatic heterocycles. The molecule has 4 heteroatoms. The number of hydrogen-bond donors (Lipinski definition) is 1. The third-order valence-electron chi connectivity index (χ3n) is 2.40. The molecular formula is C10H14BrClN2. The van der Waals surface area contributed by atoms with Crippen molar-refractivity contribution in [2.24, 2.45) is 11.7 Å². The van der Waals surface area contributed by atoms with Gasteiger partial charge in [0.05, 0.1) is 5.69 Å². The van der Waals surface area contributed by atoms with Gasteiger partial charge in [0, 0.05) is 6.04 Å². The molecule has 1 saturated carbocycles. The fourth-order valence-electron chi connectivity index (χ4n) is 1.46. The molecule has 78 valence electrons. The molecule has 2 nitrogen and oxygen atoms in total. The lowest BCUT2D eigenvalue weighted by molar-refractivity contribution is 0.582. The fourth-order valence-corrected chi connectivity index (χ4v) is 1.82. The van der Waals surface area contributed by atoms with Gasteiger partial charge in [0.2, 0.25) is 0 Å². The van der Waals surface area contributed by atoms with Crippen LogP contribution in [0.25, 0.3) is 0 Å². The molecule has 0 saturated heterocycles. The average Bonchev–Trinajstić information content (AvgIpc) is 2.88. The highest BCUT2D eigenvalue weighted by Crippen LogP contribution is 2.36. The van der Waals surface area contributed by atoms with E-state index in [-0.39, 0.29) is 18.4 Å². The molecule has 0 amide bonds. The summed E-state index contributed by atoms with van der Waals surface area (Å²) in [6.45, 7) is 0. The molecule has 1 aliphatic rings. The van der Waals surface area contributed by atoms with Crippen LogP contribution in [0.2, 0.25) is 0 Å². The van der Waals surface area contributed by atoms with Crippen molar-refractivity contribution in [3.63, 3.8) is 0 Å². The van der Waals surface area contributed by atoms with Crippen LogP contribution in [0.15, 0.2) is 22.8 Å². The van der Waals surface area contributed by atoms with Crippen molar-refractivity contribution in [2.45, 2.75) is 25.3 Å². The van der Waals surface area contributed by atoms with Crippen molar-refractivity contribution in [3.05, 3.63) is 28.5 Å². The fraction of sp³-hybridized carbons (Fsp3) is 0.500. The number of pyridine rings is 1. The molecule has 0 spiro atoms. The van der Waals surface area contributed by atoms with Crippen LogP contribution < -0.4 is 5.73 Å². The number of nitrogens with zero attached hydrogens (tertiary/aromatic N) is 1. The van der Waals surface area contributed by atoms with Crippen molar-refractivity contribution >= 4 is 28.3 Å². The Kier molecular flexibility index (Phi) is 4.35. The van der Waals surface area contributed by atoms with Crippen LogP contribution >= 0.6 is 28.3 Å². The summed E-state index contributed by atoms with van der Waals surface area (Å²) < 4.78 is 0.872. The molecule has 1 aliphatic carbocycles. The molecule has 2 rings (SSSR count). The van der Waals surface area contributed by atoms with E-state index in [1.54, 1.807) is 0 Å². The van der Waals surface area contributed by atoms with E-state index in [2.05, 4.69) is 20.9 Å². The third kappa shape index (κ3) is 3.23. The maximum atomic E-state index is 6.02. The van der Waals surface area contributed by atoms with E-state index in [4.69, 9.17) is 5.73 Å². The molecule has 14 heavy (non-hydrogen) atoms. The highest BCUT2D eigenvalue weighted by molar-refractivity contribution is 9.10. The van der Waals surface area contributed by atoms with Crippen LogP contribution in [0.1, 0.15) is 31.0 Å². The Morgan fingerprint density at radius 3 is 2.79 bits per heavy atom. The molecule has 1 heterocycles. The Labute approximate surface area is 98.8 Å². The molecule has 0 aliphatic heterocycles. The first-order chi connectivity index (χ1) is 6.25. The Balaban J connectivity index is 0.000000980. The minimum Gasteiger partial charge on any atom is -0.323 e. The Hall–Kier alpha value is -0.120. The summed E-state index contributed by atoms with van der Waals surface area (Å²) in [5.41, 5.74) is 7.02. The summed E-state index contributed by atoms with van der Waals surface area (Å²) in [6, 6.07) is 6.02. The number of nitrogens with two attached hydrogens (primary N) is 1. The summed E-state index contributed by atoms with van der Waals surface area (Å²) in [4.78, 5) is 4.35. The molecule has 0 unspecified atom stereocenters. The topological polar surface area (TPSA) is 38.9 Å². The number of halogens is 2. The largest absolute Gasteiger partial charge is 0.323 e. The quantitative estimate of drug-likeness (QED) is 0.863. The van der Waals surface area contributed by atoms with Gasteiger partial charge in [-0.05, 0) is 40.4 Å². The van der Waals surface area contributed by atoms with Crippen LogP contribution in [-0.4, -0.2) is 4.98 Å². The van der Waals surface area contributed by atoms with Crippen molar-refractivity contribution in [1.82, 2.24) is 4.98 Å². The standard InChI is InChI=1S/C10H13BrN2.ClH/c11-10-3-1-2-9(13-10)8(12)6-7-4-5-7;/h1-3,7-8H,4-6,12H2;1H/t8-;/m0./s1. The number of hydrogen-bond acceptors (Lipinski definition) is 2. The maximum absolute atomic E-state index is 6.02. The van der Waals surface area contributed by atoms with Gasteiger partial charge in [0.15, 0.2) is 0 Å². The molecule has 0 radical (unpaired) electrons. The normalized spacial score (nSPS) is 17.3. The van der Waals surface area contributed by atoms with Crippen LogP contribution in [0.4, 0.5) is 0 Å². The molecule has 1 aromatic rings. The van der Waals surface area contributed by atoms with Gasteiger partial charge in [-0.3, -0.25) is 0 Å². The van der Waals surface area contributed by atoms with Gasteiger partial charge in [-0.2, -0.15) is 0 Å². The van der Waals surface area contributed by atoms with E-state index in [0.29, 0.717) is 0 Å². The zero-order chi connectivity index (χ0) is 9.26. The van der Waals surface area contributed by atoms with Crippen molar-refractivity contribution in [3.8, 4) is 0 Å². The van der Waals surface area contributed by atoms with Crippen LogP contribution in [0.5, 0.6) is 0 Å². The van der Waals surface area contributed by atoms with Crippen LogP contribution in [0, 0.1) is 5.92 Å². The van der Waals surface area contributed by atoms with E-state index in [1.807, 2.05) is 18.2 Å². The van der Waals surface area contributed by atoms with Gasteiger partial charge in [-0.1, -0.05) is 18.9 Å². The zero-order valence-electron chi connectivity index (χ0n) is 7.82. The van der Waals surface area contributed by atoms with E-state index >= 15 is 0 Å². The van der Waals surface area contributed by atoms with Crippen LogP contribution in [0.3, 0.4) is 0 Å². The molecule has 1 atom stereocenters. The van der Waals surface area contributed by atoms with Crippen LogP contribution in [-0.2, 0) is 0 Å². The van der Waals surface area contributed by atoms with Gasteiger partial charge < -0.3 is 5.73 Å². The lowest BCUT2D eigenvalue weighted by Crippen LogP contribution is -2.12. The predicted octanol–water partition coefficient (Wildman–Crippen LogP) is 3.07. The highest BCUT2D eigenvalue weighted by atomic mass is 79.9. The summed E-state index contributed by atoms with van der Waals surface area (Å²) in [7, 11) is 0. The number of rotatable bonds is 3. The van der Waals surface area contributed by atoms with Gasteiger partial charge in [0.1, 0.15) is 4.60 Å². The van der Waals surface area contributed by atoms with E-state index in [1.165, 1.54) is 12.8 Å². The van der Waals surface area contributed by atoms with Crippen molar-refractivity contribution < 1.29 is 0 Å².